The topological polar surface area (TPSA) is 64.6 Å². The molecule has 40 heavy (non-hydrogen) atoms. The van der Waals surface area contributed by atoms with E-state index in [0.717, 1.165) is 52.1 Å². The SMILES string of the molecule is C=CCc1cc(C2C3=C(CC(C)(C)CC3=O)NC3=C2C(=O)CC(C)(C)C3)cc(OCC)c1OCc1ccccc1. The molecule has 0 unspecified atom stereocenters. The molecular formula is C35H41NO4. The van der Waals surface area contributed by atoms with Crippen LogP contribution >= 0.6 is 0 Å². The van der Waals surface area contributed by atoms with Gasteiger partial charge in [0.15, 0.2) is 23.1 Å². The molecule has 0 spiro atoms. The quantitative estimate of drug-likeness (QED) is 0.355. The van der Waals surface area contributed by atoms with Gasteiger partial charge < -0.3 is 14.8 Å². The molecule has 5 heteroatoms. The van der Waals surface area contributed by atoms with Crippen molar-refractivity contribution in [2.24, 2.45) is 10.8 Å². The molecule has 2 aromatic rings. The standard InChI is InChI=1S/C35H41NO4/c1-7-12-23-15-24(16-29(39-8-2)33(23)40-21-22-13-10-9-11-14-22)30-31-25(17-34(3,4)19-27(31)37)36-26-18-35(5,6)20-28(38)32(26)30/h7,9-11,13-16,30,36H,1,8,12,17-21H2,2-6H3. The molecule has 210 valence electrons. The lowest BCUT2D eigenvalue weighted by atomic mass is 9.64. The van der Waals surface area contributed by atoms with Crippen LogP contribution in [0.3, 0.4) is 0 Å². The predicted octanol–water partition coefficient (Wildman–Crippen LogP) is 7.37. The lowest BCUT2D eigenvalue weighted by Crippen LogP contribution is -2.42. The Hall–Kier alpha value is -3.60. The maximum atomic E-state index is 13.8. The minimum absolute atomic E-state index is 0.112. The van der Waals surface area contributed by atoms with Crippen molar-refractivity contribution in [2.45, 2.75) is 79.2 Å². The van der Waals surface area contributed by atoms with E-state index in [4.69, 9.17) is 9.47 Å². The molecule has 1 aliphatic heterocycles. The summed E-state index contributed by atoms with van der Waals surface area (Å²) in [5.41, 5.74) is 6.00. The molecule has 0 radical (unpaired) electrons. The zero-order valence-corrected chi connectivity index (χ0v) is 24.5. The van der Waals surface area contributed by atoms with Crippen LogP contribution in [-0.4, -0.2) is 18.2 Å². The van der Waals surface area contributed by atoms with Crippen LogP contribution in [0.15, 0.2) is 77.7 Å². The monoisotopic (exact) mass is 539 g/mol. The van der Waals surface area contributed by atoms with Gasteiger partial charge in [0.1, 0.15) is 6.61 Å². The van der Waals surface area contributed by atoms with Gasteiger partial charge in [0.2, 0.25) is 0 Å². The first-order chi connectivity index (χ1) is 19.0. The van der Waals surface area contributed by atoms with E-state index < -0.39 is 5.92 Å². The number of carbonyl (C=O) groups is 2. The molecule has 0 atom stereocenters. The van der Waals surface area contributed by atoms with Gasteiger partial charge >= 0.3 is 0 Å². The largest absolute Gasteiger partial charge is 0.490 e. The van der Waals surface area contributed by atoms with Gasteiger partial charge in [-0.25, -0.2) is 0 Å². The van der Waals surface area contributed by atoms with Gasteiger partial charge in [-0.2, -0.15) is 0 Å². The highest BCUT2D eigenvalue weighted by Crippen LogP contribution is 2.52. The average Bonchev–Trinajstić information content (AvgIpc) is 2.86. The lowest BCUT2D eigenvalue weighted by Gasteiger charge is -2.44. The number of allylic oxidation sites excluding steroid dienone is 5. The van der Waals surface area contributed by atoms with Crippen LogP contribution in [0.25, 0.3) is 0 Å². The summed E-state index contributed by atoms with van der Waals surface area (Å²) in [6.45, 7) is 15.4. The first-order valence-corrected chi connectivity index (χ1v) is 14.4. The summed E-state index contributed by atoms with van der Waals surface area (Å²) in [5, 5.41) is 3.60. The second-order valence-electron chi connectivity index (χ2n) is 12.9. The highest BCUT2D eigenvalue weighted by Gasteiger charge is 2.46. The molecule has 0 fully saturated rings. The van der Waals surface area contributed by atoms with Crippen LogP contribution in [0.2, 0.25) is 0 Å². The third-order valence-electron chi connectivity index (χ3n) is 8.10. The fourth-order valence-corrected chi connectivity index (χ4v) is 6.54. The molecule has 1 heterocycles. The van der Waals surface area contributed by atoms with Gasteiger partial charge in [0.25, 0.3) is 0 Å². The fourth-order valence-electron chi connectivity index (χ4n) is 6.54. The molecule has 0 aromatic heterocycles. The van der Waals surface area contributed by atoms with E-state index in [1.807, 2.05) is 49.4 Å². The second-order valence-corrected chi connectivity index (χ2v) is 12.9. The Morgan fingerprint density at radius 3 is 2.05 bits per heavy atom. The molecule has 2 aromatic carbocycles. The van der Waals surface area contributed by atoms with E-state index in [1.54, 1.807) is 0 Å². The van der Waals surface area contributed by atoms with Crippen molar-refractivity contribution in [3.05, 3.63) is 94.4 Å². The second kappa shape index (κ2) is 10.8. The molecule has 1 N–H and O–H groups in total. The molecular weight excluding hydrogens is 498 g/mol. The molecule has 0 saturated heterocycles. The van der Waals surface area contributed by atoms with Crippen LogP contribution in [0.1, 0.15) is 82.9 Å². The third-order valence-corrected chi connectivity index (χ3v) is 8.10. The van der Waals surface area contributed by atoms with E-state index in [1.165, 1.54) is 0 Å². The Morgan fingerprint density at radius 2 is 1.50 bits per heavy atom. The Bertz CT molecular complexity index is 1360. The first-order valence-electron chi connectivity index (χ1n) is 14.4. The van der Waals surface area contributed by atoms with E-state index in [0.29, 0.717) is 44.0 Å². The molecule has 3 aliphatic rings. The fraction of sp³-hybridized carbons (Fsp3) is 0.429. The number of Topliss-reactive ketones (excluding diaryl/α,β-unsaturated/α-hetero) is 2. The van der Waals surface area contributed by atoms with Crippen molar-refractivity contribution in [1.82, 2.24) is 5.32 Å². The van der Waals surface area contributed by atoms with E-state index >= 15 is 0 Å². The highest BCUT2D eigenvalue weighted by atomic mass is 16.5. The Morgan fingerprint density at radius 1 is 0.900 bits per heavy atom. The average molecular weight is 540 g/mol. The number of benzene rings is 2. The number of nitrogens with one attached hydrogen (secondary N) is 1. The van der Waals surface area contributed by atoms with Crippen LogP contribution in [-0.2, 0) is 22.6 Å². The zero-order chi connectivity index (χ0) is 28.7. The highest BCUT2D eigenvalue weighted by molar-refractivity contribution is 6.06. The van der Waals surface area contributed by atoms with Crippen molar-refractivity contribution < 1.29 is 19.1 Å². The van der Waals surface area contributed by atoms with Crippen LogP contribution in [0.4, 0.5) is 0 Å². The van der Waals surface area contributed by atoms with Gasteiger partial charge in [0.05, 0.1) is 6.61 Å². The summed E-state index contributed by atoms with van der Waals surface area (Å²) in [4.78, 5) is 27.6. The summed E-state index contributed by atoms with van der Waals surface area (Å²) < 4.78 is 12.5. The molecule has 5 rings (SSSR count). The summed E-state index contributed by atoms with van der Waals surface area (Å²) >= 11 is 0. The van der Waals surface area contributed by atoms with Gasteiger partial charge in [-0.3, -0.25) is 9.59 Å². The Kier molecular flexibility index (Phi) is 7.52. The molecule has 2 aliphatic carbocycles. The van der Waals surface area contributed by atoms with Crippen molar-refractivity contribution in [2.75, 3.05) is 6.61 Å². The minimum atomic E-state index is -0.426. The Balaban J connectivity index is 1.67. The maximum Gasteiger partial charge on any atom is 0.165 e. The van der Waals surface area contributed by atoms with Crippen molar-refractivity contribution in [3.63, 3.8) is 0 Å². The number of hydrogen-bond acceptors (Lipinski definition) is 5. The maximum absolute atomic E-state index is 13.8. The smallest absolute Gasteiger partial charge is 0.165 e. The predicted molar refractivity (Wildman–Crippen MR) is 158 cm³/mol. The third kappa shape index (κ3) is 5.52. The number of ketones is 2. The molecule has 0 amide bonds. The van der Waals surface area contributed by atoms with Crippen LogP contribution in [0.5, 0.6) is 11.5 Å². The van der Waals surface area contributed by atoms with E-state index in [-0.39, 0.29) is 22.4 Å². The van der Waals surface area contributed by atoms with Crippen LogP contribution in [0, 0.1) is 10.8 Å². The summed E-state index contributed by atoms with van der Waals surface area (Å²) in [7, 11) is 0. The summed E-state index contributed by atoms with van der Waals surface area (Å²) in [6, 6.07) is 14.1. The molecule has 0 bridgehead atoms. The number of carbonyl (C=O) groups excluding carboxylic acids is 2. The Labute approximate surface area is 238 Å². The lowest BCUT2D eigenvalue weighted by molar-refractivity contribution is -0.119. The number of ether oxygens (including phenoxy) is 2. The number of hydrogen-bond donors (Lipinski definition) is 1. The normalized spacial score (nSPS) is 20.0. The molecule has 5 nitrogen and oxygen atoms in total. The van der Waals surface area contributed by atoms with Gasteiger partial charge in [0, 0.05) is 46.9 Å². The first kappa shape index (κ1) is 27.9. The zero-order valence-electron chi connectivity index (χ0n) is 24.5. The van der Waals surface area contributed by atoms with E-state index in [9.17, 15) is 9.59 Å². The van der Waals surface area contributed by atoms with Gasteiger partial charge in [-0.1, -0.05) is 70.2 Å². The van der Waals surface area contributed by atoms with Crippen molar-refractivity contribution >= 4 is 11.6 Å². The number of rotatable bonds is 8. The van der Waals surface area contributed by atoms with Crippen molar-refractivity contribution in [3.8, 4) is 11.5 Å². The van der Waals surface area contributed by atoms with Gasteiger partial charge in [-0.15, -0.1) is 6.58 Å². The van der Waals surface area contributed by atoms with Crippen LogP contribution < -0.4 is 14.8 Å². The van der Waals surface area contributed by atoms with Gasteiger partial charge in [-0.05, 0) is 54.2 Å². The van der Waals surface area contributed by atoms with E-state index in [2.05, 4.69) is 45.7 Å². The summed E-state index contributed by atoms with van der Waals surface area (Å²) in [5.74, 6) is 1.10. The number of dihydropyridines is 1. The molecule has 0 saturated carbocycles. The minimum Gasteiger partial charge on any atom is -0.490 e. The summed E-state index contributed by atoms with van der Waals surface area (Å²) in [6.07, 6.45) is 4.89. The van der Waals surface area contributed by atoms with Crippen molar-refractivity contribution in [1.29, 1.82) is 0 Å².